The summed E-state index contributed by atoms with van der Waals surface area (Å²) in [6.07, 6.45) is 0.661. The highest BCUT2D eigenvalue weighted by Gasteiger charge is 2.21. The summed E-state index contributed by atoms with van der Waals surface area (Å²) < 4.78 is 5.63. The van der Waals surface area contributed by atoms with E-state index >= 15 is 0 Å². The van der Waals surface area contributed by atoms with Crippen LogP contribution in [0.25, 0.3) is 10.9 Å². The second-order valence-corrected chi connectivity index (χ2v) is 6.05. The van der Waals surface area contributed by atoms with Crippen molar-refractivity contribution in [1.29, 1.82) is 0 Å². The fourth-order valence-electron chi connectivity index (χ4n) is 2.88. The van der Waals surface area contributed by atoms with Gasteiger partial charge in [-0.15, -0.1) is 0 Å². The molecule has 7 nitrogen and oxygen atoms in total. The summed E-state index contributed by atoms with van der Waals surface area (Å²) in [5.74, 6) is 0.0884. The Bertz CT molecular complexity index is 951. The maximum atomic E-state index is 12.8. The van der Waals surface area contributed by atoms with Crippen molar-refractivity contribution in [2.75, 3.05) is 13.7 Å². The largest absolute Gasteiger partial charge is 0.483 e. The van der Waals surface area contributed by atoms with Crippen LogP contribution in [0.3, 0.4) is 0 Å². The highest BCUT2D eigenvalue weighted by atomic mass is 16.5. The van der Waals surface area contributed by atoms with E-state index in [1.54, 1.807) is 13.1 Å². The maximum Gasteiger partial charge on any atom is 0.272 e. The second-order valence-electron chi connectivity index (χ2n) is 6.05. The Hall–Kier alpha value is -3.35. The molecule has 0 spiro atoms. The van der Waals surface area contributed by atoms with Crippen LogP contribution >= 0.6 is 0 Å². The van der Waals surface area contributed by atoms with Gasteiger partial charge in [-0.1, -0.05) is 43.3 Å². The Labute approximate surface area is 157 Å². The van der Waals surface area contributed by atoms with Crippen molar-refractivity contribution in [2.45, 2.75) is 19.4 Å². The molecule has 0 aliphatic rings. The Morgan fingerprint density at radius 1 is 1.15 bits per heavy atom. The zero-order valence-electron chi connectivity index (χ0n) is 15.3. The number of hydrogen-bond donors (Lipinski definition) is 3. The van der Waals surface area contributed by atoms with E-state index in [4.69, 9.17) is 4.74 Å². The molecule has 0 unspecified atom stereocenters. The maximum absolute atomic E-state index is 12.8. The van der Waals surface area contributed by atoms with Gasteiger partial charge in [0.25, 0.3) is 11.8 Å². The molecule has 2 aromatic carbocycles. The average molecular weight is 366 g/mol. The normalized spacial score (nSPS) is 11.8. The summed E-state index contributed by atoms with van der Waals surface area (Å²) >= 11 is 0. The molecule has 0 aliphatic carbocycles. The van der Waals surface area contributed by atoms with Gasteiger partial charge in [0.05, 0.1) is 11.6 Å². The van der Waals surface area contributed by atoms with E-state index in [2.05, 4.69) is 20.8 Å². The molecule has 1 heterocycles. The van der Waals surface area contributed by atoms with Crippen LogP contribution < -0.4 is 15.4 Å². The Morgan fingerprint density at radius 2 is 1.89 bits per heavy atom. The molecule has 7 heteroatoms. The summed E-state index contributed by atoms with van der Waals surface area (Å²) in [4.78, 5) is 24.3. The van der Waals surface area contributed by atoms with Gasteiger partial charge >= 0.3 is 0 Å². The lowest BCUT2D eigenvalue weighted by atomic mass is 10.0. The highest BCUT2D eigenvalue weighted by Crippen LogP contribution is 2.28. The number of hydrogen-bond acceptors (Lipinski definition) is 4. The van der Waals surface area contributed by atoms with Gasteiger partial charge in [-0.3, -0.25) is 14.7 Å². The van der Waals surface area contributed by atoms with Crippen LogP contribution in [0.5, 0.6) is 5.75 Å². The summed E-state index contributed by atoms with van der Waals surface area (Å²) in [5, 5.41) is 13.3. The van der Waals surface area contributed by atoms with E-state index in [9.17, 15) is 9.59 Å². The number of aromatic nitrogens is 2. The minimum atomic E-state index is -0.270. The van der Waals surface area contributed by atoms with Gasteiger partial charge < -0.3 is 15.4 Å². The lowest BCUT2D eigenvalue weighted by Crippen LogP contribution is -2.29. The summed E-state index contributed by atoms with van der Waals surface area (Å²) in [6.45, 7) is 1.89. The number of benzene rings is 2. The highest BCUT2D eigenvalue weighted by molar-refractivity contribution is 6.04. The van der Waals surface area contributed by atoms with Gasteiger partial charge in [0.2, 0.25) is 0 Å². The van der Waals surface area contributed by atoms with E-state index in [0.29, 0.717) is 17.9 Å². The molecule has 140 valence electrons. The molecule has 2 amide bonds. The van der Waals surface area contributed by atoms with Crippen LogP contribution in [0.2, 0.25) is 0 Å². The number of ether oxygens (including phenoxy) is 1. The van der Waals surface area contributed by atoms with E-state index < -0.39 is 0 Å². The lowest BCUT2D eigenvalue weighted by molar-refractivity contribution is -0.122. The molecule has 3 N–H and O–H groups in total. The van der Waals surface area contributed by atoms with Crippen molar-refractivity contribution in [3.63, 3.8) is 0 Å². The number of likely N-dealkylation sites (N-methyl/N-ethyl adjacent to an activating group) is 1. The van der Waals surface area contributed by atoms with Gasteiger partial charge in [0.1, 0.15) is 5.75 Å². The number of carbonyl (C=O) groups excluding carboxylic acids is 2. The standard InChI is InChI=1S/C20H22N4O3/c1-3-15(13-8-5-7-11-17(13)27-12-18(25)21-2)22-20(26)19-14-9-4-6-10-16(14)23-24-19/h4-11,15H,3,12H2,1-2H3,(H,21,25)(H,22,26)(H,23,24)/t15-/m1/s1. The van der Waals surface area contributed by atoms with Crippen molar-refractivity contribution in [3.8, 4) is 5.75 Å². The second kappa shape index (κ2) is 8.35. The third-order valence-corrected chi connectivity index (χ3v) is 4.33. The molecule has 0 aliphatic heterocycles. The van der Waals surface area contributed by atoms with Crippen LogP contribution in [-0.2, 0) is 4.79 Å². The van der Waals surface area contributed by atoms with E-state index in [1.165, 1.54) is 0 Å². The van der Waals surface area contributed by atoms with Gasteiger partial charge in [-0.25, -0.2) is 0 Å². The predicted molar refractivity (Wildman–Crippen MR) is 103 cm³/mol. The quantitative estimate of drug-likeness (QED) is 0.599. The van der Waals surface area contributed by atoms with Crippen molar-refractivity contribution < 1.29 is 14.3 Å². The fraction of sp³-hybridized carbons (Fsp3) is 0.250. The van der Waals surface area contributed by atoms with Crippen LogP contribution in [0.15, 0.2) is 48.5 Å². The Kier molecular flexibility index (Phi) is 5.71. The summed E-state index contributed by atoms with van der Waals surface area (Å²) in [5.41, 5.74) is 1.98. The molecule has 27 heavy (non-hydrogen) atoms. The summed E-state index contributed by atoms with van der Waals surface area (Å²) in [6, 6.07) is 14.6. The fourth-order valence-corrected chi connectivity index (χ4v) is 2.88. The van der Waals surface area contributed by atoms with Crippen molar-refractivity contribution >= 4 is 22.7 Å². The number of nitrogens with one attached hydrogen (secondary N) is 3. The van der Waals surface area contributed by atoms with Crippen LogP contribution in [0, 0.1) is 0 Å². The first-order chi connectivity index (χ1) is 13.1. The zero-order chi connectivity index (χ0) is 19.2. The van der Waals surface area contributed by atoms with Gasteiger partial charge in [0, 0.05) is 18.0 Å². The number of rotatable bonds is 7. The molecule has 3 aromatic rings. The number of fused-ring (bicyclic) bond motifs is 1. The first kappa shape index (κ1) is 18.4. The van der Waals surface area contributed by atoms with Crippen molar-refractivity contribution in [2.24, 2.45) is 0 Å². The van der Waals surface area contributed by atoms with Gasteiger partial charge in [-0.2, -0.15) is 5.10 Å². The summed E-state index contributed by atoms with van der Waals surface area (Å²) in [7, 11) is 1.56. The minimum Gasteiger partial charge on any atom is -0.483 e. The van der Waals surface area contributed by atoms with Crippen molar-refractivity contribution in [3.05, 3.63) is 59.8 Å². The number of aromatic amines is 1. The smallest absolute Gasteiger partial charge is 0.272 e. The Balaban J connectivity index is 1.81. The van der Waals surface area contributed by atoms with Crippen molar-refractivity contribution in [1.82, 2.24) is 20.8 Å². The van der Waals surface area contributed by atoms with Gasteiger partial charge in [-0.05, 0) is 18.6 Å². The predicted octanol–water partition coefficient (Wildman–Crippen LogP) is 2.57. The molecule has 0 saturated carbocycles. The van der Waals surface area contributed by atoms with Gasteiger partial charge in [0.15, 0.2) is 12.3 Å². The molecular formula is C20H22N4O3. The van der Waals surface area contributed by atoms with Crippen LogP contribution in [0.4, 0.5) is 0 Å². The first-order valence-electron chi connectivity index (χ1n) is 8.80. The molecule has 1 aromatic heterocycles. The number of amides is 2. The van der Waals surface area contributed by atoms with Crippen LogP contribution in [-0.4, -0.2) is 35.7 Å². The molecule has 0 radical (unpaired) electrons. The Morgan fingerprint density at radius 3 is 2.67 bits per heavy atom. The third-order valence-electron chi connectivity index (χ3n) is 4.33. The molecule has 0 fully saturated rings. The molecule has 1 atom stereocenters. The lowest BCUT2D eigenvalue weighted by Gasteiger charge is -2.20. The number of para-hydroxylation sites is 2. The molecule has 3 rings (SSSR count). The zero-order valence-corrected chi connectivity index (χ0v) is 15.3. The van der Waals surface area contributed by atoms with E-state index in [0.717, 1.165) is 16.5 Å². The monoisotopic (exact) mass is 366 g/mol. The van der Waals surface area contributed by atoms with Crippen LogP contribution in [0.1, 0.15) is 35.4 Å². The SMILES string of the molecule is CC[C@@H](NC(=O)c1n[nH]c2ccccc12)c1ccccc1OCC(=O)NC. The third kappa shape index (κ3) is 4.08. The molecular weight excluding hydrogens is 344 g/mol. The van der Waals surface area contributed by atoms with E-state index in [-0.39, 0.29) is 24.5 Å². The number of carbonyl (C=O) groups is 2. The molecule has 0 saturated heterocycles. The first-order valence-corrected chi connectivity index (χ1v) is 8.80. The number of nitrogens with zero attached hydrogens (tertiary/aromatic N) is 1. The number of H-pyrrole nitrogens is 1. The average Bonchev–Trinajstić information content (AvgIpc) is 3.14. The molecule has 0 bridgehead atoms. The minimum absolute atomic E-state index is 0.0815. The van der Waals surface area contributed by atoms with E-state index in [1.807, 2.05) is 49.4 Å². The topological polar surface area (TPSA) is 96.1 Å².